The van der Waals surface area contributed by atoms with Crippen LogP contribution in [0.5, 0.6) is 0 Å². The zero-order valence-corrected chi connectivity index (χ0v) is 18.3. The van der Waals surface area contributed by atoms with Crippen molar-refractivity contribution in [2.24, 2.45) is 11.0 Å². The summed E-state index contributed by atoms with van der Waals surface area (Å²) in [5, 5.41) is 6.29. The van der Waals surface area contributed by atoms with Crippen LogP contribution in [0, 0.1) is 5.92 Å². The molecule has 7 heteroatoms. The number of hydrogen-bond acceptors (Lipinski definition) is 6. The van der Waals surface area contributed by atoms with E-state index in [1.807, 2.05) is 12.1 Å². The number of nitrogens with two attached hydrogens (primary N) is 1. The summed E-state index contributed by atoms with van der Waals surface area (Å²) in [6.45, 7) is 9.07. The maximum absolute atomic E-state index is 13.4. The first-order chi connectivity index (χ1) is 15.1. The van der Waals surface area contributed by atoms with Gasteiger partial charge in [-0.3, -0.25) is 4.79 Å². The number of anilines is 3. The largest absolute Gasteiger partial charge is 0.399 e. The summed E-state index contributed by atoms with van der Waals surface area (Å²) in [6, 6.07) is 15.8. The molecule has 0 aliphatic carbocycles. The molecule has 2 aliphatic rings. The van der Waals surface area contributed by atoms with E-state index in [-0.39, 0.29) is 11.8 Å². The highest BCUT2D eigenvalue weighted by Crippen LogP contribution is 2.29. The lowest BCUT2D eigenvalue weighted by Gasteiger charge is -2.30. The summed E-state index contributed by atoms with van der Waals surface area (Å²) in [6.07, 6.45) is 0.624. The van der Waals surface area contributed by atoms with E-state index >= 15 is 0 Å². The Kier molecular flexibility index (Phi) is 6.42. The van der Waals surface area contributed by atoms with Crippen molar-refractivity contribution >= 4 is 28.8 Å². The van der Waals surface area contributed by atoms with E-state index < -0.39 is 0 Å². The molecule has 7 nitrogen and oxygen atoms in total. The van der Waals surface area contributed by atoms with Gasteiger partial charge in [-0.2, -0.15) is 10.1 Å². The molecule has 0 radical (unpaired) electrons. The lowest BCUT2D eigenvalue weighted by molar-refractivity contribution is -0.119. The zero-order valence-electron chi connectivity index (χ0n) is 18.3. The first kappa shape index (κ1) is 21.2. The molecular weight excluding hydrogens is 390 g/mol. The first-order valence-electron chi connectivity index (χ1n) is 11.0. The molecule has 2 aromatic rings. The topological polar surface area (TPSA) is 74.4 Å². The van der Waals surface area contributed by atoms with Gasteiger partial charge in [0.25, 0.3) is 5.91 Å². The standard InChI is InChI=1S/C24H31N5O2/c1-3-27(4-2)20-9-5-18(6-10-20)17-22-23(28-13-15-31-16-14-28)26-29(24(22)30)21-11-7-19(25)8-12-21/h5-12,22H,3-4,13-17,25H2,1-2H3/t22-/m0/s1. The van der Waals surface area contributed by atoms with Crippen molar-refractivity contribution in [3.63, 3.8) is 0 Å². The monoisotopic (exact) mass is 421 g/mol. The summed E-state index contributed by atoms with van der Waals surface area (Å²) in [5.74, 6) is 0.520. The molecule has 2 aliphatic heterocycles. The van der Waals surface area contributed by atoms with Crippen LogP contribution in [0.4, 0.5) is 17.1 Å². The lowest BCUT2D eigenvalue weighted by atomic mass is 9.96. The van der Waals surface area contributed by atoms with Crippen LogP contribution in [0.3, 0.4) is 0 Å². The number of carbonyl (C=O) groups is 1. The maximum atomic E-state index is 13.4. The van der Waals surface area contributed by atoms with Crippen LogP contribution in [-0.2, 0) is 16.0 Å². The number of benzene rings is 2. The predicted octanol–water partition coefficient (Wildman–Crippen LogP) is 2.97. The summed E-state index contributed by atoms with van der Waals surface area (Å²) in [7, 11) is 0. The van der Waals surface area contributed by atoms with Crippen LogP contribution in [0.25, 0.3) is 0 Å². The molecule has 1 atom stereocenters. The third-order valence-corrected chi connectivity index (χ3v) is 6.00. The molecule has 2 heterocycles. The highest BCUT2D eigenvalue weighted by atomic mass is 16.5. The minimum Gasteiger partial charge on any atom is -0.399 e. The molecule has 1 fully saturated rings. The van der Waals surface area contributed by atoms with Crippen molar-refractivity contribution < 1.29 is 9.53 Å². The molecule has 31 heavy (non-hydrogen) atoms. The SMILES string of the molecule is CCN(CC)c1ccc(C[C@@H]2C(=O)N(c3ccc(N)cc3)N=C2N2CCOCC2)cc1. The maximum Gasteiger partial charge on any atom is 0.258 e. The second kappa shape index (κ2) is 9.39. The van der Waals surface area contributed by atoms with Crippen molar-refractivity contribution in [3.8, 4) is 0 Å². The Morgan fingerprint density at radius 3 is 2.29 bits per heavy atom. The Labute approximate surface area is 184 Å². The van der Waals surface area contributed by atoms with E-state index in [1.165, 1.54) is 10.7 Å². The molecule has 0 bridgehead atoms. The number of amidine groups is 1. The Balaban J connectivity index is 1.59. The van der Waals surface area contributed by atoms with Gasteiger partial charge < -0.3 is 20.3 Å². The number of amides is 1. The summed E-state index contributed by atoms with van der Waals surface area (Å²) in [4.78, 5) is 17.9. The Morgan fingerprint density at radius 2 is 1.68 bits per heavy atom. The Morgan fingerprint density at radius 1 is 1.03 bits per heavy atom. The molecule has 2 aromatic carbocycles. The van der Waals surface area contributed by atoms with Crippen molar-refractivity contribution in [3.05, 3.63) is 54.1 Å². The fourth-order valence-electron chi connectivity index (χ4n) is 4.20. The van der Waals surface area contributed by atoms with Gasteiger partial charge in [0.1, 0.15) is 11.8 Å². The van der Waals surface area contributed by atoms with E-state index in [1.54, 1.807) is 12.1 Å². The van der Waals surface area contributed by atoms with Gasteiger partial charge in [0, 0.05) is 37.6 Å². The molecule has 0 saturated carbocycles. The molecule has 1 amide bonds. The number of hydrazone groups is 1. The van der Waals surface area contributed by atoms with Gasteiger partial charge in [-0.05, 0) is 62.2 Å². The molecule has 1 saturated heterocycles. The number of rotatable bonds is 6. The lowest BCUT2D eigenvalue weighted by Crippen LogP contribution is -2.44. The molecule has 2 N–H and O–H groups in total. The smallest absolute Gasteiger partial charge is 0.258 e. The molecule has 0 unspecified atom stereocenters. The van der Waals surface area contributed by atoms with Crippen LogP contribution >= 0.6 is 0 Å². The Hall–Kier alpha value is -3.06. The number of nitrogen functional groups attached to an aromatic ring is 1. The van der Waals surface area contributed by atoms with Crippen LogP contribution in [0.2, 0.25) is 0 Å². The fourth-order valence-corrected chi connectivity index (χ4v) is 4.20. The summed E-state index contributed by atoms with van der Waals surface area (Å²) < 4.78 is 5.51. The molecule has 164 valence electrons. The van der Waals surface area contributed by atoms with E-state index in [4.69, 9.17) is 15.6 Å². The minimum atomic E-state index is -0.310. The second-order valence-electron chi connectivity index (χ2n) is 7.89. The zero-order chi connectivity index (χ0) is 21.8. The van der Waals surface area contributed by atoms with Gasteiger partial charge in [-0.1, -0.05) is 12.1 Å². The van der Waals surface area contributed by atoms with Crippen molar-refractivity contribution in [2.45, 2.75) is 20.3 Å². The van der Waals surface area contributed by atoms with E-state index in [0.717, 1.165) is 43.3 Å². The molecule has 0 aromatic heterocycles. The van der Waals surface area contributed by atoms with Crippen LogP contribution < -0.4 is 15.6 Å². The van der Waals surface area contributed by atoms with Crippen molar-refractivity contribution in [2.75, 3.05) is 55.0 Å². The van der Waals surface area contributed by atoms with Gasteiger partial charge in [0.05, 0.1) is 18.9 Å². The second-order valence-corrected chi connectivity index (χ2v) is 7.89. The third-order valence-electron chi connectivity index (χ3n) is 6.00. The van der Waals surface area contributed by atoms with Gasteiger partial charge in [0.2, 0.25) is 0 Å². The number of hydrogen-bond donors (Lipinski definition) is 1. The van der Waals surface area contributed by atoms with Gasteiger partial charge in [-0.15, -0.1) is 0 Å². The Bertz CT molecular complexity index is 916. The van der Waals surface area contributed by atoms with Crippen LogP contribution in [0.15, 0.2) is 53.6 Å². The number of carbonyl (C=O) groups excluding carboxylic acids is 1. The molecule has 4 rings (SSSR count). The van der Waals surface area contributed by atoms with E-state index in [2.05, 4.69) is 47.9 Å². The first-order valence-corrected chi connectivity index (χ1v) is 11.0. The fraction of sp³-hybridized carbons (Fsp3) is 0.417. The molecule has 0 spiro atoms. The average Bonchev–Trinajstić information content (AvgIpc) is 3.13. The normalized spacial score (nSPS) is 19.0. The highest BCUT2D eigenvalue weighted by Gasteiger charge is 2.39. The minimum absolute atomic E-state index is 0.000849. The predicted molar refractivity (Wildman–Crippen MR) is 125 cm³/mol. The van der Waals surface area contributed by atoms with Crippen molar-refractivity contribution in [1.29, 1.82) is 0 Å². The van der Waals surface area contributed by atoms with Crippen LogP contribution in [0.1, 0.15) is 19.4 Å². The van der Waals surface area contributed by atoms with E-state index in [0.29, 0.717) is 25.3 Å². The van der Waals surface area contributed by atoms with Gasteiger partial charge in [0.15, 0.2) is 0 Å². The number of nitrogens with zero attached hydrogens (tertiary/aromatic N) is 4. The van der Waals surface area contributed by atoms with E-state index in [9.17, 15) is 4.79 Å². The van der Waals surface area contributed by atoms with Gasteiger partial charge >= 0.3 is 0 Å². The average molecular weight is 422 g/mol. The quantitative estimate of drug-likeness (QED) is 0.726. The molecular formula is C24H31N5O2. The highest BCUT2D eigenvalue weighted by molar-refractivity contribution is 6.15. The van der Waals surface area contributed by atoms with Crippen molar-refractivity contribution in [1.82, 2.24) is 4.90 Å². The third kappa shape index (κ3) is 4.51. The van der Waals surface area contributed by atoms with Crippen LogP contribution in [-0.4, -0.2) is 56.0 Å². The number of morpholine rings is 1. The number of ether oxygens (including phenoxy) is 1. The summed E-state index contributed by atoms with van der Waals surface area (Å²) >= 11 is 0. The van der Waals surface area contributed by atoms with Gasteiger partial charge in [-0.25, -0.2) is 0 Å². The summed E-state index contributed by atoms with van der Waals surface area (Å²) in [5.41, 5.74) is 9.57.